The van der Waals surface area contributed by atoms with E-state index < -0.39 is 13.9 Å². The standard InChI is InChI=1S/C26H33P.CHF3.HNS/c1-2-3-4-5-6-16-23-27(24-17-10-7-11-18-24,25-19-12-8-13-20-25)26-21-14-9-15-22-26;2-1(3)4;1-2/h7-15,17-22,27H,2-6,16,23H2,1H3;1H;1H. The van der Waals surface area contributed by atoms with Crippen molar-refractivity contribution in [2.24, 2.45) is 0 Å². The van der Waals surface area contributed by atoms with Crippen molar-refractivity contribution in [3.05, 3.63) is 91.0 Å². The van der Waals surface area contributed by atoms with Crippen molar-refractivity contribution in [3.8, 4) is 0 Å². The molecule has 180 valence electrons. The van der Waals surface area contributed by atoms with E-state index in [0.29, 0.717) is 0 Å². The molecule has 0 bridgehead atoms. The third-order valence-corrected chi connectivity index (χ3v) is 10.8. The summed E-state index contributed by atoms with van der Waals surface area (Å²) in [5, 5.41) is 4.61. The topological polar surface area (TPSA) is 23.9 Å². The van der Waals surface area contributed by atoms with Gasteiger partial charge in [-0.3, -0.25) is 0 Å². The maximum Gasteiger partial charge on any atom is 0.379 e. The first-order valence-corrected chi connectivity index (χ1v) is 14.0. The fourth-order valence-corrected chi connectivity index (χ4v) is 9.20. The molecule has 3 rings (SSSR count). The molecule has 0 saturated carbocycles. The van der Waals surface area contributed by atoms with Gasteiger partial charge in [0, 0.05) is 12.4 Å². The van der Waals surface area contributed by atoms with E-state index in [4.69, 9.17) is 4.78 Å². The van der Waals surface area contributed by atoms with E-state index in [9.17, 15) is 13.2 Å². The third-order valence-electron chi connectivity index (χ3n) is 5.71. The first-order chi connectivity index (χ1) is 16.1. The second-order valence-corrected chi connectivity index (χ2v) is 11.8. The SMILES string of the molecule is CCCCCCCC[PH](c1ccccc1)(c1ccccc1)c1ccccc1.FC(F)F.N=S. The summed E-state index contributed by atoms with van der Waals surface area (Å²) < 4.78 is 34.3. The van der Waals surface area contributed by atoms with Crippen LogP contribution < -0.4 is 15.9 Å². The molecule has 0 aliphatic heterocycles. The molecule has 1 N–H and O–H groups in total. The Morgan fingerprint density at radius 1 is 0.606 bits per heavy atom. The van der Waals surface area contributed by atoms with Crippen LogP contribution in [-0.4, -0.2) is 12.8 Å². The van der Waals surface area contributed by atoms with Crippen molar-refractivity contribution in [3.63, 3.8) is 0 Å². The molecule has 0 amide bonds. The van der Waals surface area contributed by atoms with Gasteiger partial charge >= 0.3 is 172 Å². The molecule has 0 heterocycles. The van der Waals surface area contributed by atoms with Gasteiger partial charge in [0.1, 0.15) is 0 Å². The van der Waals surface area contributed by atoms with Gasteiger partial charge in [-0.15, -0.1) is 0 Å². The van der Waals surface area contributed by atoms with Gasteiger partial charge in [0.05, 0.1) is 0 Å². The van der Waals surface area contributed by atoms with Crippen LogP contribution in [0.3, 0.4) is 0 Å². The monoisotopic (exact) mass is 493 g/mol. The summed E-state index contributed by atoms with van der Waals surface area (Å²) >= 11 is 3.33. The molecular weight excluding hydrogens is 458 g/mol. The summed E-state index contributed by atoms with van der Waals surface area (Å²) in [5.41, 5.74) is 0. The van der Waals surface area contributed by atoms with E-state index in [1.807, 2.05) is 0 Å². The number of halogens is 3. The molecule has 0 fully saturated rings. The molecule has 3 aromatic rings. The van der Waals surface area contributed by atoms with Crippen LogP contribution in [0.15, 0.2) is 91.0 Å². The number of unbranched alkanes of at least 4 members (excludes halogenated alkanes) is 5. The Labute approximate surface area is 202 Å². The summed E-state index contributed by atoms with van der Waals surface area (Å²) in [6, 6.07) is 33.9. The third kappa shape index (κ3) is 9.73. The van der Waals surface area contributed by atoms with Crippen molar-refractivity contribution in [1.29, 1.82) is 4.78 Å². The fourth-order valence-electron chi connectivity index (χ4n) is 4.27. The zero-order valence-corrected chi connectivity index (χ0v) is 21.0. The fraction of sp³-hybridized carbons (Fsp3) is 0.333. The van der Waals surface area contributed by atoms with Gasteiger partial charge in [-0.25, -0.2) is 4.78 Å². The Balaban J connectivity index is 0.000000820. The Bertz CT molecular complexity index is 752. The molecule has 0 saturated heterocycles. The first kappa shape index (κ1) is 28.9. The zero-order valence-electron chi connectivity index (χ0n) is 19.2. The molecule has 0 aliphatic carbocycles. The quantitative estimate of drug-likeness (QED) is 0.229. The smallest absolute Gasteiger partial charge is 0.235 e. The average Bonchev–Trinajstić information content (AvgIpc) is 2.86. The molecule has 33 heavy (non-hydrogen) atoms. The van der Waals surface area contributed by atoms with Gasteiger partial charge < -0.3 is 0 Å². The van der Waals surface area contributed by atoms with Crippen LogP contribution >= 0.6 is 7.26 Å². The molecule has 1 nitrogen and oxygen atoms in total. The number of benzene rings is 3. The molecular formula is C27H35F3NPS. The molecule has 0 unspecified atom stereocenters. The van der Waals surface area contributed by atoms with Crippen LogP contribution in [0.1, 0.15) is 45.4 Å². The zero-order chi connectivity index (χ0) is 24.4. The van der Waals surface area contributed by atoms with Crippen LogP contribution in [-0.2, 0) is 12.4 Å². The normalized spacial score (nSPS) is 11.1. The van der Waals surface area contributed by atoms with Crippen molar-refractivity contribution in [2.75, 3.05) is 6.16 Å². The van der Waals surface area contributed by atoms with Crippen LogP contribution in [0, 0.1) is 4.78 Å². The van der Waals surface area contributed by atoms with Crippen molar-refractivity contribution >= 4 is 35.6 Å². The van der Waals surface area contributed by atoms with E-state index in [0.717, 1.165) is 0 Å². The van der Waals surface area contributed by atoms with Gasteiger partial charge in [-0.1, -0.05) is 0 Å². The molecule has 0 aliphatic rings. The van der Waals surface area contributed by atoms with E-state index in [2.05, 4.69) is 110 Å². The molecule has 0 spiro atoms. The van der Waals surface area contributed by atoms with Crippen LogP contribution in [0.25, 0.3) is 0 Å². The Morgan fingerprint density at radius 3 is 1.24 bits per heavy atom. The molecule has 0 aromatic heterocycles. The molecule has 3 aromatic carbocycles. The van der Waals surface area contributed by atoms with E-state index in [1.165, 1.54) is 60.6 Å². The first-order valence-electron chi connectivity index (χ1n) is 11.4. The van der Waals surface area contributed by atoms with Gasteiger partial charge in [-0.2, -0.15) is 13.2 Å². The Kier molecular flexibility index (Phi) is 15.2. The average molecular weight is 494 g/mol. The minimum atomic E-state index is -3.67. The van der Waals surface area contributed by atoms with Gasteiger partial charge in [0.25, 0.3) is 0 Å². The second kappa shape index (κ2) is 17.4. The second-order valence-electron chi connectivity index (χ2n) is 7.77. The number of hydrogen-bond donors (Lipinski definition) is 1. The van der Waals surface area contributed by atoms with Crippen LogP contribution in [0.2, 0.25) is 0 Å². The Hall–Kier alpha value is -2.10. The predicted molar refractivity (Wildman–Crippen MR) is 142 cm³/mol. The van der Waals surface area contributed by atoms with Crippen molar-refractivity contribution in [2.45, 2.75) is 52.1 Å². The Morgan fingerprint density at radius 2 is 0.909 bits per heavy atom. The van der Waals surface area contributed by atoms with E-state index in [1.54, 1.807) is 0 Å². The molecule has 0 atom stereocenters. The number of hydrogen-bond acceptors (Lipinski definition) is 2. The van der Waals surface area contributed by atoms with Crippen LogP contribution in [0.4, 0.5) is 13.2 Å². The van der Waals surface area contributed by atoms with Crippen LogP contribution in [0.5, 0.6) is 0 Å². The molecule has 6 heteroatoms. The summed E-state index contributed by atoms with van der Waals surface area (Å²) in [5.74, 6) is 0. The molecule has 0 radical (unpaired) electrons. The largest absolute Gasteiger partial charge is 0.379 e. The van der Waals surface area contributed by atoms with Crippen molar-refractivity contribution < 1.29 is 13.2 Å². The summed E-state index contributed by atoms with van der Waals surface area (Å²) in [6.07, 6.45) is 9.39. The van der Waals surface area contributed by atoms with Gasteiger partial charge in [-0.05, 0) is 0 Å². The maximum absolute atomic E-state index is 9.67. The van der Waals surface area contributed by atoms with Gasteiger partial charge in [0.2, 0.25) is 0 Å². The summed E-state index contributed by atoms with van der Waals surface area (Å²) in [7, 11) is -1.99. The van der Waals surface area contributed by atoms with Crippen molar-refractivity contribution in [1.82, 2.24) is 0 Å². The van der Waals surface area contributed by atoms with E-state index >= 15 is 0 Å². The maximum atomic E-state index is 9.67. The number of nitrogens with one attached hydrogen (secondary N) is 1. The summed E-state index contributed by atoms with van der Waals surface area (Å²) in [6.45, 7) is -1.38. The summed E-state index contributed by atoms with van der Waals surface area (Å²) in [4.78, 5) is 0. The van der Waals surface area contributed by atoms with Gasteiger partial charge in [0.15, 0.2) is 0 Å². The van der Waals surface area contributed by atoms with E-state index in [-0.39, 0.29) is 0 Å². The number of rotatable bonds is 10. The number of alkyl halides is 3. The minimum absolute atomic E-state index is 1.29. The minimum Gasteiger partial charge on any atom is -0.235 e. The predicted octanol–water partition coefficient (Wildman–Crippen LogP) is 7.55.